The Bertz CT molecular complexity index is 1430. The van der Waals surface area contributed by atoms with Gasteiger partial charge in [-0.1, -0.05) is 25.6 Å². The maximum atomic E-state index is 13.5. The average molecular weight is 528 g/mol. The van der Waals surface area contributed by atoms with E-state index in [0.29, 0.717) is 31.2 Å². The first kappa shape index (κ1) is 25.3. The fourth-order valence-corrected chi connectivity index (χ4v) is 6.80. The monoisotopic (exact) mass is 527 g/mol. The van der Waals surface area contributed by atoms with Gasteiger partial charge in [-0.15, -0.1) is 0 Å². The van der Waals surface area contributed by atoms with Crippen LogP contribution in [0.1, 0.15) is 48.3 Å². The molecule has 0 unspecified atom stereocenters. The van der Waals surface area contributed by atoms with Crippen LogP contribution < -0.4 is 9.47 Å². The lowest BCUT2D eigenvalue weighted by Gasteiger charge is -2.45. The van der Waals surface area contributed by atoms with Crippen molar-refractivity contribution in [2.75, 3.05) is 33.9 Å². The van der Waals surface area contributed by atoms with Gasteiger partial charge in [-0.2, -0.15) is 0 Å². The normalized spacial score (nSPS) is 21.7. The van der Waals surface area contributed by atoms with E-state index in [4.69, 9.17) is 9.47 Å². The van der Waals surface area contributed by atoms with Crippen molar-refractivity contribution < 1.29 is 14.3 Å². The molecule has 5 heterocycles. The number of carbonyl (C=O) groups is 1. The number of benzene rings is 1. The highest BCUT2D eigenvalue weighted by Crippen LogP contribution is 2.49. The highest BCUT2D eigenvalue weighted by molar-refractivity contribution is 5.93. The highest BCUT2D eigenvalue weighted by Gasteiger charge is 2.52. The molecule has 2 saturated heterocycles. The van der Waals surface area contributed by atoms with Gasteiger partial charge in [-0.25, -0.2) is 4.98 Å². The van der Waals surface area contributed by atoms with E-state index >= 15 is 0 Å². The fourth-order valence-electron chi connectivity index (χ4n) is 6.80. The summed E-state index contributed by atoms with van der Waals surface area (Å²) in [6, 6.07) is 9.92. The minimum atomic E-state index is -0.184. The number of piperidine rings is 1. The number of amides is 1. The number of methoxy groups -OCH3 is 2. The van der Waals surface area contributed by atoms with Crippen LogP contribution in [0.5, 0.6) is 11.5 Å². The van der Waals surface area contributed by atoms with Crippen LogP contribution in [0, 0.1) is 5.92 Å². The number of likely N-dealkylation sites (N-methyl/N-ethyl adjacent to an activating group) is 1. The van der Waals surface area contributed by atoms with Crippen LogP contribution in [0.25, 0.3) is 5.65 Å². The third-order valence-electron chi connectivity index (χ3n) is 8.71. The summed E-state index contributed by atoms with van der Waals surface area (Å²) >= 11 is 0. The smallest absolute Gasteiger partial charge is 0.274 e. The quantitative estimate of drug-likeness (QED) is 0.490. The fraction of sp³-hybridized carbons (Fsp3) is 0.419. The second-order valence-corrected chi connectivity index (χ2v) is 10.9. The molecule has 6 rings (SSSR count). The van der Waals surface area contributed by atoms with E-state index in [1.807, 2.05) is 46.0 Å². The molecule has 3 aromatic rings. The topological polar surface area (TPSA) is 62.6 Å². The average Bonchev–Trinajstić information content (AvgIpc) is 3.46. The molecule has 0 radical (unpaired) electrons. The van der Waals surface area contributed by atoms with Gasteiger partial charge >= 0.3 is 0 Å². The van der Waals surface area contributed by atoms with Crippen molar-refractivity contribution in [3.63, 3.8) is 0 Å². The highest BCUT2D eigenvalue weighted by atomic mass is 16.5. The van der Waals surface area contributed by atoms with Crippen molar-refractivity contribution in [1.82, 2.24) is 24.1 Å². The lowest BCUT2D eigenvalue weighted by molar-refractivity contribution is 0.0563. The van der Waals surface area contributed by atoms with Crippen molar-refractivity contribution in [2.24, 2.45) is 5.92 Å². The zero-order chi connectivity index (χ0) is 27.3. The predicted octanol–water partition coefficient (Wildman–Crippen LogP) is 4.71. The standard InChI is InChI=1S/C31H37N5O3/c1-6-36-22(3)35-19-23-17-24(38-4)18-27(39-5)25(23)15-21(2)16-28(35)31(36)10-13-33(14-11-31)30(37)26-20-34-12-8-7-9-29(34)32-26/h7-9,12,16-18,20-21H,3,6,10-11,13-15,19H2,1-2,4-5H3/b28-16-/t21-/m1/s1. The van der Waals surface area contributed by atoms with Crippen LogP contribution in [0.2, 0.25) is 0 Å². The number of fused-ring (bicyclic) bond motifs is 4. The van der Waals surface area contributed by atoms with Crippen LogP contribution in [0.4, 0.5) is 0 Å². The number of rotatable bonds is 4. The maximum Gasteiger partial charge on any atom is 0.274 e. The molecule has 0 bridgehead atoms. The molecule has 1 atom stereocenters. The number of hydrogen-bond acceptors (Lipinski definition) is 6. The minimum Gasteiger partial charge on any atom is -0.497 e. The molecule has 0 N–H and O–H groups in total. The van der Waals surface area contributed by atoms with Crippen molar-refractivity contribution >= 4 is 11.6 Å². The molecular formula is C31H37N5O3. The number of nitrogens with zero attached hydrogens (tertiary/aromatic N) is 5. The lowest BCUT2D eigenvalue weighted by Crippen LogP contribution is -2.53. The lowest BCUT2D eigenvalue weighted by atomic mass is 9.81. The molecule has 1 aromatic carbocycles. The number of aromatic nitrogens is 2. The van der Waals surface area contributed by atoms with Crippen LogP contribution >= 0.6 is 0 Å². The van der Waals surface area contributed by atoms with Crippen molar-refractivity contribution in [3.8, 4) is 11.5 Å². The minimum absolute atomic E-state index is 0.00147. The Kier molecular flexibility index (Phi) is 6.28. The van der Waals surface area contributed by atoms with E-state index in [2.05, 4.69) is 47.4 Å². The van der Waals surface area contributed by atoms with Gasteiger partial charge in [0.05, 0.1) is 19.8 Å². The van der Waals surface area contributed by atoms with Gasteiger partial charge in [-0.3, -0.25) is 4.79 Å². The first-order valence-electron chi connectivity index (χ1n) is 13.8. The molecule has 39 heavy (non-hydrogen) atoms. The Morgan fingerprint density at radius 3 is 2.67 bits per heavy atom. The molecule has 8 heteroatoms. The molecule has 1 amide bonds. The maximum absolute atomic E-state index is 13.5. The van der Waals surface area contributed by atoms with E-state index in [0.717, 1.165) is 48.8 Å². The molecule has 2 aromatic heterocycles. The second-order valence-electron chi connectivity index (χ2n) is 10.9. The van der Waals surface area contributed by atoms with Gasteiger partial charge in [0.15, 0.2) is 0 Å². The number of allylic oxidation sites excluding steroid dienone is 1. The first-order valence-corrected chi connectivity index (χ1v) is 13.8. The van der Waals surface area contributed by atoms with Gasteiger partial charge in [0, 0.05) is 50.3 Å². The van der Waals surface area contributed by atoms with E-state index in [9.17, 15) is 4.79 Å². The Hall–Kier alpha value is -3.94. The molecule has 204 valence electrons. The predicted molar refractivity (Wildman–Crippen MR) is 151 cm³/mol. The molecule has 2 fully saturated rings. The molecule has 1 spiro atoms. The third-order valence-corrected chi connectivity index (χ3v) is 8.71. The zero-order valence-electron chi connectivity index (χ0n) is 23.3. The van der Waals surface area contributed by atoms with Crippen molar-refractivity contribution in [3.05, 3.63) is 83.7 Å². The molecule has 3 aliphatic heterocycles. The number of ether oxygens (including phenoxy) is 2. The Morgan fingerprint density at radius 1 is 1.18 bits per heavy atom. The summed E-state index contributed by atoms with van der Waals surface area (Å²) in [6.45, 7) is 12.0. The van der Waals surface area contributed by atoms with Gasteiger partial charge in [0.25, 0.3) is 5.91 Å². The van der Waals surface area contributed by atoms with Gasteiger partial charge in [0.1, 0.15) is 28.7 Å². The molecule has 3 aliphatic rings. The van der Waals surface area contributed by atoms with Gasteiger partial charge in [0.2, 0.25) is 0 Å². The van der Waals surface area contributed by atoms with Crippen LogP contribution in [0.3, 0.4) is 0 Å². The van der Waals surface area contributed by atoms with Gasteiger partial charge < -0.3 is 28.6 Å². The summed E-state index contributed by atoms with van der Waals surface area (Å²) in [7, 11) is 3.42. The molecule has 8 nitrogen and oxygen atoms in total. The number of likely N-dealkylation sites (tertiary alicyclic amines) is 1. The van der Waals surface area contributed by atoms with Crippen molar-refractivity contribution in [2.45, 2.75) is 45.2 Å². The second kappa shape index (κ2) is 9.67. The number of imidazole rings is 1. The largest absolute Gasteiger partial charge is 0.497 e. The summed E-state index contributed by atoms with van der Waals surface area (Å²) in [5, 5.41) is 0. The summed E-state index contributed by atoms with van der Waals surface area (Å²) in [5.74, 6) is 3.00. The van der Waals surface area contributed by atoms with E-state index in [1.165, 1.54) is 16.8 Å². The first-order chi connectivity index (χ1) is 18.9. The Balaban J connectivity index is 1.31. The SMILES string of the molecule is C=C1N2Cc3cc(OC)cc(OC)c3C[C@@H](C)/C=C\2C2(CCN(C(=O)c3cn4ccccc4n3)CC2)N1CC. The third kappa shape index (κ3) is 4.04. The van der Waals surface area contributed by atoms with E-state index in [1.54, 1.807) is 14.2 Å². The van der Waals surface area contributed by atoms with Crippen LogP contribution in [-0.2, 0) is 13.0 Å². The zero-order valence-corrected chi connectivity index (χ0v) is 23.3. The molecule has 0 saturated carbocycles. The summed E-state index contributed by atoms with van der Waals surface area (Å²) < 4.78 is 13.3. The summed E-state index contributed by atoms with van der Waals surface area (Å²) in [5.41, 5.74) is 4.85. The summed E-state index contributed by atoms with van der Waals surface area (Å²) in [4.78, 5) is 24.8. The molecule has 0 aliphatic carbocycles. The van der Waals surface area contributed by atoms with Crippen LogP contribution in [0.15, 0.2) is 66.9 Å². The Morgan fingerprint density at radius 2 is 1.97 bits per heavy atom. The van der Waals surface area contributed by atoms with Gasteiger partial charge in [-0.05, 0) is 61.4 Å². The summed E-state index contributed by atoms with van der Waals surface area (Å²) in [6.07, 6.45) is 8.79. The van der Waals surface area contributed by atoms with E-state index < -0.39 is 0 Å². The number of carbonyl (C=O) groups excluding carboxylic acids is 1. The van der Waals surface area contributed by atoms with Crippen LogP contribution in [-0.4, -0.2) is 69.4 Å². The Labute approximate surface area is 230 Å². The number of pyridine rings is 1. The molecular weight excluding hydrogens is 490 g/mol. The van der Waals surface area contributed by atoms with Crippen molar-refractivity contribution in [1.29, 1.82) is 0 Å². The number of hydrogen-bond donors (Lipinski definition) is 0. The van der Waals surface area contributed by atoms with E-state index in [-0.39, 0.29) is 11.4 Å².